The Labute approximate surface area is 165 Å². The number of carbonyl (C=O) groups excluding carboxylic acids is 2. The number of fused-ring (bicyclic) bond motifs is 1. The molecule has 28 heavy (non-hydrogen) atoms. The maximum Gasteiger partial charge on any atom is 0.258 e. The van der Waals surface area contributed by atoms with Gasteiger partial charge in [0.2, 0.25) is 0 Å². The van der Waals surface area contributed by atoms with E-state index in [1.165, 1.54) is 6.92 Å². The number of para-hydroxylation sites is 1. The van der Waals surface area contributed by atoms with Crippen molar-refractivity contribution in [2.24, 2.45) is 0 Å². The van der Waals surface area contributed by atoms with Gasteiger partial charge in [0, 0.05) is 23.1 Å². The lowest BCUT2D eigenvalue weighted by Crippen LogP contribution is -2.29. The summed E-state index contributed by atoms with van der Waals surface area (Å²) >= 11 is 0. The first-order valence-electron chi connectivity index (χ1n) is 9.14. The number of Topliss-reactive ketones (excluding diaryl/α,β-unsaturated/α-hetero) is 1. The van der Waals surface area contributed by atoms with Crippen LogP contribution in [0.15, 0.2) is 42.5 Å². The lowest BCUT2D eigenvalue weighted by atomic mass is 10.0. The van der Waals surface area contributed by atoms with E-state index < -0.39 is 0 Å². The number of benzene rings is 2. The van der Waals surface area contributed by atoms with E-state index in [0.29, 0.717) is 17.1 Å². The topological polar surface area (TPSA) is 64.6 Å². The second-order valence-electron chi connectivity index (χ2n) is 7.28. The van der Waals surface area contributed by atoms with Gasteiger partial charge in [-0.2, -0.15) is 0 Å². The monoisotopic (exact) mass is 377 g/mol. The van der Waals surface area contributed by atoms with Crippen molar-refractivity contribution < 1.29 is 19.1 Å². The summed E-state index contributed by atoms with van der Waals surface area (Å²) in [5.74, 6) is 6.89. The second-order valence-corrected chi connectivity index (χ2v) is 7.28. The van der Waals surface area contributed by atoms with Gasteiger partial charge in [-0.05, 0) is 39.0 Å². The highest BCUT2D eigenvalue weighted by Crippen LogP contribution is 2.41. The van der Waals surface area contributed by atoms with Gasteiger partial charge in [-0.3, -0.25) is 9.59 Å². The molecule has 144 valence electrons. The quantitative estimate of drug-likeness (QED) is 0.642. The fourth-order valence-corrected chi connectivity index (χ4v) is 2.97. The summed E-state index contributed by atoms with van der Waals surface area (Å²) in [7, 11) is 0. The first kappa shape index (κ1) is 19.5. The molecular weight excluding hydrogens is 354 g/mol. The van der Waals surface area contributed by atoms with Crippen LogP contribution in [0.3, 0.4) is 0 Å². The normalized spacial score (nSPS) is 13.5. The van der Waals surface area contributed by atoms with E-state index in [9.17, 15) is 9.59 Å². The van der Waals surface area contributed by atoms with Crippen molar-refractivity contribution >= 4 is 11.7 Å². The molecule has 0 saturated carbocycles. The van der Waals surface area contributed by atoms with E-state index in [4.69, 9.17) is 9.47 Å². The molecule has 0 radical (unpaired) electrons. The number of hydrogen-bond acceptors (Lipinski definition) is 4. The molecule has 5 heteroatoms. The van der Waals surface area contributed by atoms with E-state index in [1.807, 2.05) is 26.0 Å². The van der Waals surface area contributed by atoms with Gasteiger partial charge in [0.1, 0.15) is 5.60 Å². The van der Waals surface area contributed by atoms with E-state index in [1.54, 1.807) is 30.3 Å². The van der Waals surface area contributed by atoms with Crippen LogP contribution in [0.5, 0.6) is 11.5 Å². The van der Waals surface area contributed by atoms with Crippen LogP contribution in [-0.2, 0) is 11.2 Å². The van der Waals surface area contributed by atoms with E-state index in [-0.39, 0.29) is 30.4 Å². The van der Waals surface area contributed by atoms with Crippen LogP contribution in [0.1, 0.15) is 42.3 Å². The molecule has 0 saturated heterocycles. The summed E-state index contributed by atoms with van der Waals surface area (Å²) in [5.41, 5.74) is 2.26. The first-order valence-corrected chi connectivity index (χ1v) is 9.14. The zero-order chi connectivity index (χ0) is 20.1. The largest absolute Gasteiger partial charge is 0.483 e. The molecule has 2 aromatic rings. The smallest absolute Gasteiger partial charge is 0.258 e. The van der Waals surface area contributed by atoms with Gasteiger partial charge in [-0.1, -0.05) is 36.1 Å². The molecule has 0 aromatic heterocycles. The number of nitrogens with one attached hydrogen (secondary N) is 1. The molecule has 2 aromatic carbocycles. The standard InChI is InChI=1S/C23H23NO4/c1-16(25)18-11-9-17(10-12-18)6-5-13-24-21(26)15-27-20-8-4-7-19-14-23(2,3)28-22(19)20/h4,7-12H,13-15H2,1-3H3,(H,24,26). The second kappa shape index (κ2) is 8.18. The Kier molecular flexibility index (Phi) is 5.70. The number of ketones is 1. The molecule has 0 bridgehead atoms. The van der Waals surface area contributed by atoms with Gasteiger partial charge in [0.15, 0.2) is 23.9 Å². The Balaban J connectivity index is 1.48. The minimum atomic E-state index is -0.262. The van der Waals surface area contributed by atoms with Crippen LogP contribution in [0.2, 0.25) is 0 Å². The fourth-order valence-electron chi connectivity index (χ4n) is 2.97. The molecule has 0 fully saturated rings. The third-order valence-electron chi connectivity index (χ3n) is 4.31. The summed E-state index contributed by atoms with van der Waals surface area (Å²) in [6, 6.07) is 12.8. The molecule has 1 aliphatic heterocycles. The molecular formula is C23H23NO4. The molecule has 0 atom stereocenters. The lowest BCUT2D eigenvalue weighted by molar-refractivity contribution is -0.122. The average molecular weight is 377 g/mol. The molecule has 0 unspecified atom stereocenters. The summed E-state index contributed by atoms with van der Waals surface area (Å²) in [5, 5.41) is 2.70. The van der Waals surface area contributed by atoms with Crippen LogP contribution < -0.4 is 14.8 Å². The highest BCUT2D eigenvalue weighted by molar-refractivity contribution is 5.94. The van der Waals surface area contributed by atoms with Crippen molar-refractivity contribution in [3.8, 4) is 23.3 Å². The minimum absolute atomic E-state index is 0.0183. The number of rotatable bonds is 5. The summed E-state index contributed by atoms with van der Waals surface area (Å²) < 4.78 is 11.6. The van der Waals surface area contributed by atoms with E-state index in [2.05, 4.69) is 17.2 Å². The van der Waals surface area contributed by atoms with Crippen molar-refractivity contribution in [1.29, 1.82) is 0 Å². The van der Waals surface area contributed by atoms with Crippen molar-refractivity contribution in [2.45, 2.75) is 32.8 Å². The first-order chi connectivity index (χ1) is 13.3. The predicted molar refractivity (Wildman–Crippen MR) is 107 cm³/mol. The number of ether oxygens (including phenoxy) is 2. The Morgan fingerprint density at radius 2 is 1.93 bits per heavy atom. The Hall–Kier alpha value is -3.26. The van der Waals surface area contributed by atoms with Gasteiger partial charge >= 0.3 is 0 Å². The zero-order valence-electron chi connectivity index (χ0n) is 16.3. The Bertz CT molecular complexity index is 949. The third-order valence-corrected chi connectivity index (χ3v) is 4.31. The van der Waals surface area contributed by atoms with Crippen LogP contribution >= 0.6 is 0 Å². The maximum atomic E-state index is 12.0. The summed E-state index contributed by atoms with van der Waals surface area (Å²) in [6.45, 7) is 5.68. The molecule has 0 aliphatic carbocycles. The van der Waals surface area contributed by atoms with Gasteiger partial charge in [-0.25, -0.2) is 0 Å². The van der Waals surface area contributed by atoms with Crippen molar-refractivity contribution in [3.05, 3.63) is 59.2 Å². The number of amides is 1. The van der Waals surface area contributed by atoms with Crippen molar-refractivity contribution in [1.82, 2.24) is 5.32 Å². The van der Waals surface area contributed by atoms with E-state index in [0.717, 1.165) is 17.5 Å². The molecule has 1 aliphatic rings. The average Bonchev–Trinajstić information content (AvgIpc) is 2.98. The third kappa shape index (κ3) is 4.92. The highest BCUT2D eigenvalue weighted by Gasteiger charge is 2.32. The zero-order valence-corrected chi connectivity index (χ0v) is 16.3. The molecule has 1 amide bonds. The molecule has 1 heterocycles. The summed E-state index contributed by atoms with van der Waals surface area (Å²) in [6.07, 6.45) is 0.814. The number of hydrogen-bond donors (Lipinski definition) is 1. The van der Waals surface area contributed by atoms with Gasteiger partial charge in [0.25, 0.3) is 5.91 Å². The molecule has 3 rings (SSSR count). The fraction of sp³-hybridized carbons (Fsp3) is 0.304. The highest BCUT2D eigenvalue weighted by atomic mass is 16.5. The van der Waals surface area contributed by atoms with Gasteiger partial charge in [0.05, 0.1) is 6.54 Å². The Morgan fingerprint density at radius 1 is 1.18 bits per heavy atom. The van der Waals surface area contributed by atoms with Gasteiger partial charge in [-0.15, -0.1) is 0 Å². The van der Waals surface area contributed by atoms with E-state index >= 15 is 0 Å². The Morgan fingerprint density at radius 3 is 2.64 bits per heavy atom. The van der Waals surface area contributed by atoms with Crippen molar-refractivity contribution in [3.63, 3.8) is 0 Å². The molecule has 0 spiro atoms. The predicted octanol–water partition coefficient (Wildman–Crippen LogP) is 3.15. The van der Waals surface area contributed by atoms with Crippen LogP contribution in [0.25, 0.3) is 0 Å². The SMILES string of the molecule is CC(=O)c1ccc(C#CCNC(=O)COc2cccc3c2OC(C)(C)C3)cc1. The van der Waals surface area contributed by atoms with Crippen LogP contribution in [-0.4, -0.2) is 30.4 Å². The molecule has 5 nitrogen and oxygen atoms in total. The van der Waals surface area contributed by atoms with Gasteiger partial charge < -0.3 is 14.8 Å². The number of carbonyl (C=O) groups is 2. The summed E-state index contributed by atoms with van der Waals surface area (Å²) in [4.78, 5) is 23.2. The lowest BCUT2D eigenvalue weighted by Gasteiger charge is -2.18. The van der Waals surface area contributed by atoms with Crippen LogP contribution in [0.4, 0.5) is 0 Å². The van der Waals surface area contributed by atoms with Crippen molar-refractivity contribution in [2.75, 3.05) is 13.2 Å². The van der Waals surface area contributed by atoms with Crippen LogP contribution in [0, 0.1) is 11.8 Å². The minimum Gasteiger partial charge on any atom is -0.483 e. The molecule has 1 N–H and O–H groups in total. The maximum absolute atomic E-state index is 12.0.